The van der Waals surface area contributed by atoms with E-state index < -0.39 is 0 Å². The summed E-state index contributed by atoms with van der Waals surface area (Å²) < 4.78 is 13.1. The van der Waals surface area contributed by atoms with Crippen molar-refractivity contribution in [3.8, 4) is 0 Å². The van der Waals surface area contributed by atoms with Gasteiger partial charge < -0.3 is 14.7 Å². The Morgan fingerprint density at radius 1 is 1.00 bits per heavy atom. The van der Waals surface area contributed by atoms with Crippen molar-refractivity contribution in [2.75, 3.05) is 49.1 Å². The summed E-state index contributed by atoms with van der Waals surface area (Å²) in [5.74, 6) is 1.10. The summed E-state index contributed by atoms with van der Waals surface area (Å²) in [4.78, 5) is 27.8. The molecule has 2 fully saturated rings. The number of amides is 1. The molecule has 7 heteroatoms. The number of hydrogen-bond acceptors (Lipinski definition) is 5. The minimum atomic E-state index is -0.216. The molecule has 0 saturated carbocycles. The molecule has 4 rings (SSSR count). The Morgan fingerprint density at radius 2 is 1.71 bits per heavy atom. The summed E-state index contributed by atoms with van der Waals surface area (Å²) in [6, 6.07) is 6.61. The number of hydrogen-bond donors (Lipinski definition) is 0. The van der Waals surface area contributed by atoms with Crippen LogP contribution in [0.4, 0.5) is 15.9 Å². The smallest absolute Gasteiger partial charge is 0.274 e. The molecule has 3 heterocycles. The number of piperidine rings is 1. The molecular weight excluding hydrogens is 357 g/mol. The molecule has 1 atom stereocenters. The van der Waals surface area contributed by atoms with Crippen molar-refractivity contribution < 1.29 is 9.18 Å². The molecule has 1 unspecified atom stereocenters. The van der Waals surface area contributed by atoms with Gasteiger partial charge in [0.05, 0.1) is 12.4 Å². The second-order valence-electron chi connectivity index (χ2n) is 7.71. The molecule has 2 saturated heterocycles. The molecule has 0 aliphatic carbocycles. The maximum Gasteiger partial charge on any atom is 0.274 e. The van der Waals surface area contributed by atoms with Gasteiger partial charge in [-0.25, -0.2) is 14.4 Å². The fourth-order valence-corrected chi connectivity index (χ4v) is 3.98. The SMILES string of the molecule is CC1CCCN(C(=O)c2cnc(N3CCN(c4ccc(F)cc4)CC3)cn2)C1. The van der Waals surface area contributed by atoms with E-state index >= 15 is 0 Å². The van der Waals surface area contributed by atoms with E-state index in [1.54, 1.807) is 12.4 Å². The van der Waals surface area contributed by atoms with Gasteiger partial charge in [-0.2, -0.15) is 0 Å². The van der Waals surface area contributed by atoms with Crippen LogP contribution in [-0.4, -0.2) is 60.0 Å². The van der Waals surface area contributed by atoms with E-state index in [4.69, 9.17) is 0 Å². The maximum absolute atomic E-state index is 13.1. The monoisotopic (exact) mass is 383 g/mol. The first-order valence-corrected chi connectivity index (χ1v) is 9.97. The molecular formula is C21H26FN5O. The van der Waals surface area contributed by atoms with Crippen molar-refractivity contribution in [2.45, 2.75) is 19.8 Å². The lowest BCUT2D eigenvalue weighted by Crippen LogP contribution is -2.47. The minimum absolute atomic E-state index is 0.0215. The fraction of sp³-hybridized carbons (Fsp3) is 0.476. The van der Waals surface area contributed by atoms with E-state index in [2.05, 4.69) is 26.7 Å². The predicted molar refractivity (Wildman–Crippen MR) is 107 cm³/mol. The molecule has 2 aromatic rings. The van der Waals surface area contributed by atoms with E-state index in [1.807, 2.05) is 17.0 Å². The maximum atomic E-state index is 13.1. The van der Waals surface area contributed by atoms with Crippen molar-refractivity contribution in [1.29, 1.82) is 0 Å². The lowest BCUT2D eigenvalue weighted by atomic mass is 10.0. The zero-order valence-electron chi connectivity index (χ0n) is 16.2. The lowest BCUT2D eigenvalue weighted by molar-refractivity contribution is 0.0676. The fourth-order valence-electron chi connectivity index (χ4n) is 3.98. The zero-order chi connectivity index (χ0) is 19.5. The Kier molecular flexibility index (Phi) is 5.41. The summed E-state index contributed by atoms with van der Waals surface area (Å²) in [6.07, 6.45) is 5.53. The average molecular weight is 383 g/mol. The number of aromatic nitrogens is 2. The molecule has 2 aliphatic rings. The highest BCUT2D eigenvalue weighted by molar-refractivity contribution is 5.92. The van der Waals surface area contributed by atoms with Crippen molar-refractivity contribution in [3.05, 3.63) is 48.2 Å². The van der Waals surface area contributed by atoms with Crippen LogP contribution in [0.15, 0.2) is 36.7 Å². The van der Waals surface area contributed by atoms with Gasteiger partial charge in [-0.05, 0) is 43.0 Å². The lowest BCUT2D eigenvalue weighted by Gasteiger charge is -2.36. The summed E-state index contributed by atoms with van der Waals surface area (Å²) in [6.45, 7) is 7.07. The normalized spacial score (nSPS) is 20.4. The number of halogens is 1. The van der Waals surface area contributed by atoms with Crippen LogP contribution in [-0.2, 0) is 0 Å². The first kappa shape index (κ1) is 18.7. The number of anilines is 2. The Labute approximate surface area is 165 Å². The average Bonchev–Trinajstić information content (AvgIpc) is 2.74. The van der Waals surface area contributed by atoms with Gasteiger partial charge in [0.2, 0.25) is 0 Å². The summed E-state index contributed by atoms with van der Waals surface area (Å²) in [5, 5.41) is 0. The van der Waals surface area contributed by atoms with E-state index in [-0.39, 0.29) is 11.7 Å². The molecule has 1 amide bonds. The van der Waals surface area contributed by atoms with Gasteiger partial charge in [0.25, 0.3) is 5.91 Å². The first-order chi connectivity index (χ1) is 13.6. The van der Waals surface area contributed by atoms with Crippen LogP contribution < -0.4 is 9.80 Å². The van der Waals surface area contributed by atoms with Gasteiger partial charge in [0, 0.05) is 45.0 Å². The Morgan fingerprint density at radius 3 is 2.36 bits per heavy atom. The van der Waals surface area contributed by atoms with Crippen molar-refractivity contribution in [3.63, 3.8) is 0 Å². The topological polar surface area (TPSA) is 52.6 Å². The standard InChI is InChI=1S/C21H26FN5O/c1-16-3-2-8-27(15-16)21(28)19-13-24-20(14-23-19)26-11-9-25(10-12-26)18-6-4-17(22)5-7-18/h4-7,13-14,16H,2-3,8-12,15H2,1H3. The highest BCUT2D eigenvalue weighted by Gasteiger charge is 2.24. The highest BCUT2D eigenvalue weighted by atomic mass is 19.1. The molecule has 0 N–H and O–H groups in total. The van der Waals surface area contributed by atoms with Gasteiger partial charge >= 0.3 is 0 Å². The molecule has 0 radical (unpaired) electrons. The van der Waals surface area contributed by atoms with Crippen LogP contribution in [0.2, 0.25) is 0 Å². The van der Waals surface area contributed by atoms with Crippen molar-refractivity contribution in [1.82, 2.24) is 14.9 Å². The molecule has 28 heavy (non-hydrogen) atoms. The van der Waals surface area contributed by atoms with E-state index in [1.165, 1.54) is 18.6 Å². The van der Waals surface area contributed by atoms with E-state index in [9.17, 15) is 9.18 Å². The molecule has 2 aliphatic heterocycles. The number of piperazine rings is 1. The molecule has 0 bridgehead atoms. The number of carbonyl (C=O) groups is 1. The van der Waals surface area contributed by atoms with Crippen LogP contribution >= 0.6 is 0 Å². The number of carbonyl (C=O) groups excluding carboxylic acids is 1. The number of nitrogens with zero attached hydrogens (tertiary/aromatic N) is 5. The van der Waals surface area contributed by atoms with E-state index in [0.29, 0.717) is 11.6 Å². The van der Waals surface area contributed by atoms with Gasteiger partial charge in [0.1, 0.15) is 17.3 Å². The second-order valence-corrected chi connectivity index (χ2v) is 7.71. The Bertz CT molecular complexity index is 803. The van der Waals surface area contributed by atoms with Gasteiger partial charge in [0.15, 0.2) is 0 Å². The molecule has 0 spiro atoms. The van der Waals surface area contributed by atoms with Crippen LogP contribution in [0.1, 0.15) is 30.3 Å². The Balaban J connectivity index is 1.35. The molecule has 1 aromatic heterocycles. The number of rotatable bonds is 3. The summed E-state index contributed by atoms with van der Waals surface area (Å²) >= 11 is 0. The van der Waals surface area contributed by atoms with Crippen molar-refractivity contribution >= 4 is 17.4 Å². The van der Waals surface area contributed by atoms with Gasteiger partial charge in [-0.1, -0.05) is 6.92 Å². The Hall–Kier alpha value is -2.70. The summed E-state index contributed by atoms with van der Waals surface area (Å²) in [5.41, 5.74) is 1.45. The first-order valence-electron chi connectivity index (χ1n) is 9.97. The quantitative estimate of drug-likeness (QED) is 0.816. The third-order valence-electron chi connectivity index (χ3n) is 5.60. The molecule has 148 valence electrons. The third-order valence-corrected chi connectivity index (χ3v) is 5.60. The van der Waals surface area contributed by atoms with Crippen molar-refractivity contribution in [2.24, 2.45) is 5.92 Å². The largest absolute Gasteiger partial charge is 0.368 e. The third kappa shape index (κ3) is 4.08. The minimum Gasteiger partial charge on any atom is -0.368 e. The van der Waals surface area contributed by atoms with Gasteiger partial charge in [-0.3, -0.25) is 4.79 Å². The van der Waals surface area contributed by atoms with Crippen LogP contribution in [0, 0.1) is 11.7 Å². The number of benzene rings is 1. The highest BCUT2D eigenvalue weighted by Crippen LogP contribution is 2.20. The summed E-state index contributed by atoms with van der Waals surface area (Å²) in [7, 11) is 0. The predicted octanol–water partition coefficient (Wildman–Crippen LogP) is 2.81. The van der Waals surface area contributed by atoms with Crippen LogP contribution in [0.5, 0.6) is 0 Å². The van der Waals surface area contributed by atoms with E-state index in [0.717, 1.165) is 57.2 Å². The van der Waals surface area contributed by atoms with Crippen LogP contribution in [0.3, 0.4) is 0 Å². The zero-order valence-corrected chi connectivity index (χ0v) is 16.2. The molecule has 1 aromatic carbocycles. The number of likely N-dealkylation sites (tertiary alicyclic amines) is 1. The van der Waals surface area contributed by atoms with Crippen LogP contribution in [0.25, 0.3) is 0 Å². The van der Waals surface area contributed by atoms with Gasteiger partial charge in [-0.15, -0.1) is 0 Å². The molecule has 6 nitrogen and oxygen atoms in total. The second kappa shape index (κ2) is 8.12.